The molecule has 0 radical (unpaired) electrons. The van der Waals surface area contributed by atoms with Crippen molar-refractivity contribution in [3.63, 3.8) is 0 Å². The van der Waals surface area contributed by atoms with Gasteiger partial charge in [0.1, 0.15) is 0 Å². The number of rotatable bonds is 6. The van der Waals surface area contributed by atoms with Crippen LogP contribution in [0.4, 0.5) is 0 Å². The van der Waals surface area contributed by atoms with Gasteiger partial charge in [-0.25, -0.2) is 0 Å². The third kappa shape index (κ3) is 3.52. The van der Waals surface area contributed by atoms with Crippen molar-refractivity contribution in [1.82, 2.24) is 4.90 Å². The summed E-state index contributed by atoms with van der Waals surface area (Å²) in [7, 11) is 2.13. The Kier molecular flexibility index (Phi) is 4.70. The van der Waals surface area contributed by atoms with E-state index in [2.05, 4.69) is 18.9 Å². The molecule has 1 aromatic rings. The van der Waals surface area contributed by atoms with E-state index < -0.39 is 0 Å². The minimum atomic E-state index is 0.577. The summed E-state index contributed by atoms with van der Waals surface area (Å²) < 4.78 is 5.03. The molecule has 0 amide bonds. The Bertz CT molecular complexity index is 233. The van der Waals surface area contributed by atoms with E-state index in [0.717, 1.165) is 25.9 Å². The van der Waals surface area contributed by atoms with E-state index in [4.69, 9.17) is 10.2 Å². The molecule has 0 aliphatic rings. The minimum absolute atomic E-state index is 0.577. The summed E-state index contributed by atoms with van der Waals surface area (Å²) >= 11 is 0. The van der Waals surface area contributed by atoms with Gasteiger partial charge in [0, 0.05) is 18.2 Å². The second-order valence-corrected chi connectivity index (χ2v) is 3.83. The standard InChI is InChI=1S/C11H20N2O/c1-10(4-3-6-12)13(2)8-11-5-7-14-9-11/h5,7,9-10H,3-4,6,8,12H2,1-2H3. The van der Waals surface area contributed by atoms with E-state index in [1.807, 2.05) is 6.07 Å². The molecule has 1 aromatic heterocycles. The molecule has 0 bridgehead atoms. The summed E-state index contributed by atoms with van der Waals surface area (Å²) in [4.78, 5) is 2.32. The van der Waals surface area contributed by atoms with Gasteiger partial charge in [-0.3, -0.25) is 4.90 Å². The van der Waals surface area contributed by atoms with Crippen LogP contribution in [-0.4, -0.2) is 24.5 Å². The molecule has 0 spiro atoms. The molecule has 0 aliphatic heterocycles. The van der Waals surface area contributed by atoms with Crippen LogP contribution in [0.1, 0.15) is 25.3 Å². The molecule has 0 saturated carbocycles. The Labute approximate surface area is 85.9 Å². The predicted octanol–water partition coefficient (Wildman–Crippen LogP) is 1.84. The van der Waals surface area contributed by atoms with Crippen molar-refractivity contribution in [2.75, 3.05) is 13.6 Å². The molecule has 0 fully saturated rings. The van der Waals surface area contributed by atoms with Gasteiger partial charge in [-0.05, 0) is 39.4 Å². The Balaban J connectivity index is 2.30. The van der Waals surface area contributed by atoms with Gasteiger partial charge in [0.2, 0.25) is 0 Å². The summed E-state index contributed by atoms with van der Waals surface area (Å²) in [5.74, 6) is 0. The molecule has 2 N–H and O–H groups in total. The van der Waals surface area contributed by atoms with Gasteiger partial charge in [0.05, 0.1) is 12.5 Å². The van der Waals surface area contributed by atoms with Gasteiger partial charge in [-0.15, -0.1) is 0 Å². The van der Waals surface area contributed by atoms with Gasteiger partial charge < -0.3 is 10.2 Å². The van der Waals surface area contributed by atoms with Gasteiger partial charge >= 0.3 is 0 Å². The highest BCUT2D eigenvalue weighted by atomic mass is 16.3. The third-order valence-corrected chi connectivity index (χ3v) is 2.59. The molecular formula is C11H20N2O. The van der Waals surface area contributed by atoms with E-state index in [1.54, 1.807) is 12.5 Å². The maximum atomic E-state index is 5.48. The third-order valence-electron chi connectivity index (χ3n) is 2.59. The topological polar surface area (TPSA) is 42.4 Å². The molecule has 1 atom stereocenters. The largest absolute Gasteiger partial charge is 0.472 e. The van der Waals surface area contributed by atoms with E-state index in [1.165, 1.54) is 5.56 Å². The fourth-order valence-electron chi connectivity index (χ4n) is 1.46. The zero-order valence-corrected chi connectivity index (χ0v) is 9.07. The first kappa shape index (κ1) is 11.3. The number of furan rings is 1. The first-order valence-corrected chi connectivity index (χ1v) is 5.15. The van der Waals surface area contributed by atoms with E-state index >= 15 is 0 Å². The average molecular weight is 196 g/mol. The van der Waals surface area contributed by atoms with Crippen LogP contribution in [0.2, 0.25) is 0 Å². The predicted molar refractivity (Wildman–Crippen MR) is 57.9 cm³/mol. The lowest BCUT2D eigenvalue weighted by atomic mass is 10.1. The van der Waals surface area contributed by atoms with E-state index in [9.17, 15) is 0 Å². The fourth-order valence-corrected chi connectivity index (χ4v) is 1.46. The Morgan fingerprint density at radius 2 is 2.36 bits per heavy atom. The monoisotopic (exact) mass is 196 g/mol. The summed E-state index contributed by atoms with van der Waals surface area (Å²) in [6.45, 7) is 3.96. The molecule has 3 heteroatoms. The number of hydrogen-bond acceptors (Lipinski definition) is 3. The van der Waals surface area contributed by atoms with Crippen molar-refractivity contribution < 1.29 is 4.42 Å². The fraction of sp³-hybridized carbons (Fsp3) is 0.636. The van der Waals surface area contributed by atoms with E-state index in [0.29, 0.717) is 6.04 Å². The molecular weight excluding hydrogens is 176 g/mol. The summed E-state index contributed by atoms with van der Waals surface area (Å²) in [5.41, 5.74) is 6.71. The molecule has 1 heterocycles. The van der Waals surface area contributed by atoms with Crippen molar-refractivity contribution in [2.45, 2.75) is 32.4 Å². The highest BCUT2D eigenvalue weighted by Gasteiger charge is 2.09. The molecule has 1 unspecified atom stereocenters. The molecule has 14 heavy (non-hydrogen) atoms. The second-order valence-electron chi connectivity index (χ2n) is 3.83. The molecule has 3 nitrogen and oxygen atoms in total. The highest BCUT2D eigenvalue weighted by Crippen LogP contribution is 2.09. The van der Waals surface area contributed by atoms with Crippen LogP contribution < -0.4 is 5.73 Å². The number of hydrogen-bond donors (Lipinski definition) is 1. The SMILES string of the molecule is CC(CCCN)N(C)Cc1ccoc1. The van der Waals surface area contributed by atoms with Gasteiger partial charge in [0.15, 0.2) is 0 Å². The Hall–Kier alpha value is -0.800. The highest BCUT2D eigenvalue weighted by molar-refractivity contribution is 5.04. The van der Waals surface area contributed by atoms with Crippen LogP contribution in [0, 0.1) is 0 Å². The van der Waals surface area contributed by atoms with Crippen LogP contribution in [0.3, 0.4) is 0 Å². The van der Waals surface area contributed by atoms with Gasteiger partial charge in [0.25, 0.3) is 0 Å². The Morgan fingerprint density at radius 3 is 2.93 bits per heavy atom. The van der Waals surface area contributed by atoms with Crippen molar-refractivity contribution in [2.24, 2.45) is 5.73 Å². The second kappa shape index (κ2) is 5.83. The minimum Gasteiger partial charge on any atom is -0.472 e. The normalized spacial score (nSPS) is 13.4. The number of nitrogens with zero attached hydrogens (tertiary/aromatic N) is 1. The van der Waals surface area contributed by atoms with Crippen LogP contribution in [-0.2, 0) is 6.54 Å². The van der Waals surface area contributed by atoms with Crippen molar-refractivity contribution in [3.8, 4) is 0 Å². The van der Waals surface area contributed by atoms with Crippen LogP contribution in [0.5, 0.6) is 0 Å². The van der Waals surface area contributed by atoms with Crippen LogP contribution in [0.15, 0.2) is 23.0 Å². The zero-order valence-electron chi connectivity index (χ0n) is 9.07. The van der Waals surface area contributed by atoms with Crippen molar-refractivity contribution in [3.05, 3.63) is 24.2 Å². The number of nitrogens with two attached hydrogens (primary N) is 1. The smallest absolute Gasteiger partial charge is 0.0947 e. The molecule has 1 rings (SSSR count). The maximum Gasteiger partial charge on any atom is 0.0947 e. The molecule has 0 aliphatic carbocycles. The van der Waals surface area contributed by atoms with Gasteiger partial charge in [-0.1, -0.05) is 0 Å². The molecule has 0 aromatic carbocycles. The quantitative estimate of drug-likeness (QED) is 0.755. The van der Waals surface area contributed by atoms with Crippen LogP contribution >= 0.6 is 0 Å². The molecule has 0 saturated heterocycles. The lowest BCUT2D eigenvalue weighted by molar-refractivity contribution is 0.235. The van der Waals surface area contributed by atoms with Crippen molar-refractivity contribution in [1.29, 1.82) is 0 Å². The zero-order chi connectivity index (χ0) is 10.4. The molecule has 80 valence electrons. The first-order valence-electron chi connectivity index (χ1n) is 5.15. The summed E-state index contributed by atoms with van der Waals surface area (Å²) in [6, 6.07) is 2.58. The van der Waals surface area contributed by atoms with Crippen molar-refractivity contribution >= 4 is 0 Å². The summed E-state index contributed by atoms with van der Waals surface area (Å²) in [6.07, 6.45) is 5.77. The average Bonchev–Trinajstić information content (AvgIpc) is 2.66. The van der Waals surface area contributed by atoms with Gasteiger partial charge in [-0.2, -0.15) is 0 Å². The first-order chi connectivity index (χ1) is 6.74. The lowest BCUT2D eigenvalue weighted by Gasteiger charge is -2.23. The Morgan fingerprint density at radius 1 is 1.57 bits per heavy atom. The summed E-state index contributed by atoms with van der Waals surface area (Å²) in [5, 5.41) is 0. The maximum absolute atomic E-state index is 5.48. The lowest BCUT2D eigenvalue weighted by Crippen LogP contribution is -2.28. The van der Waals surface area contributed by atoms with E-state index in [-0.39, 0.29) is 0 Å². The van der Waals surface area contributed by atoms with Crippen LogP contribution in [0.25, 0.3) is 0 Å².